The van der Waals surface area contributed by atoms with Crippen LogP contribution in [0.25, 0.3) is 5.76 Å². The number of aromatic hydroxyl groups is 1. The molecule has 1 aliphatic heterocycles. The van der Waals surface area contributed by atoms with E-state index in [-0.39, 0.29) is 17.4 Å². The molecule has 1 saturated carbocycles. The van der Waals surface area contributed by atoms with Crippen LogP contribution >= 0.6 is 0 Å². The molecule has 2 aromatic carbocycles. The number of ketones is 2. The number of phenolic OH excluding ortho intramolecular Hbond substituents is 1. The van der Waals surface area contributed by atoms with Crippen LogP contribution in [-0.2, 0) is 27.5 Å². The molecule has 3 aliphatic carbocycles. The van der Waals surface area contributed by atoms with Crippen molar-refractivity contribution in [2.75, 3.05) is 27.2 Å². The van der Waals surface area contributed by atoms with Gasteiger partial charge in [-0.2, -0.15) is 0 Å². The minimum absolute atomic E-state index is 0.00188. The molecule has 1 heterocycles. The summed E-state index contributed by atoms with van der Waals surface area (Å²) in [6, 6.07) is 12.6. The van der Waals surface area contributed by atoms with Crippen LogP contribution in [0.3, 0.4) is 0 Å². The van der Waals surface area contributed by atoms with Crippen molar-refractivity contribution in [1.82, 2.24) is 15.1 Å². The summed E-state index contributed by atoms with van der Waals surface area (Å²) in [5.41, 5.74) is 3.35. The molecule has 1 amide bonds. The first-order valence-electron chi connectivity index (χ1n) is 16.0. The number of likely N-dealkylation sites (tertiary alicyclic amines) is 1. The van der Waals surface area contributed by atoms with E-state index in [0.717, 1.165) is 32.5 Å². The van der Waals surface area contributed by atoms with Gasteiger partial charge in [-0.1, -0.05) is 49.4 Å². The second-order valence-electron chi connectivity index (χ2n) is 13.5. The fourth-order valence-electron chi connectivity index (χ4n) is 8.19. The highest BCUT2D eigenvalue weighted by molar-refractivity contribution is 6.24. The number of fused-ring (bicyclic) bond motifs is 3. The molecule has 0 bridgehead atoms. The van der Waals surface area contributed by atoms with Crippen LogP contribution in [0.2, 0.25) is 0 Å². The van der Waals surface area contributed by atoms with Crippen LogP contribution in [0.4, 0.5) is 0 Å². The normalized spacial score (nSPS) is 30.0. The summed E-state index contributed by atoms with van der Waals surface area (Å²) in [6.45, 7) is 4.74. The van der Waals surface area contributed by atoms with Gasteiger partial charge in [-0.15, -0.1) is 0 Å². The van der Waals surface area contributed by atoms with Crippen LogP contribution in [0.1, 0.15) is 47.9 Å². The topological polar surface area (TPSA) is 197 Å². The van der Waals surface area contributed by atoms with Crippen LogP contribution in [0.15, 0.2) is 59.4 Å². The fourth-order valence-corrected chi connectivity index (χ4v) is 8.19. The predicted molar refractivity (Wildman–Crippen MR) is 172 cm³/mol. The van der Waals surface area contributed by atoms with E-state index >= 15 is 0 Å². The number of carbonyl (C=O) groups is 3. The third-order valence-corrected chi connectivity index (χ3v) is 10.6. The Hall–Kier alpha value is -4.07. The zero-order chi connectivity index (χ0) is 33.9. The zero-order valence-electron chi connectivity index (χ0n) is 26.7. The fraction of sp³-hybridized carbons (Fsp3) is 0.457. The van der Waals surface area contributed by atoms with Crippen molar-refractivity contribution < 1.29 is 39.9 Å². The first kappa shape index (κ1) is 32.9. The molecular weight excluding hydrogens is 604 g/mol. The summed E-state index contributed by atoms with van der Waals surface area (Å²) < 4.78 is 0. The molecule has 8 N–H and O–H groups in total. The lowest BCUT2D eigenvalue weighted by Crippen LogP contribution is -2.70. The van der Waals surface area contributed by atoms with Crippen molar-refractivity contribution in [3.8, 4) is 5.75 Å². The number of nitrogens with two attached hydrogens (primary N) is 1. The van der Waals surface area contributed by atoms with Crippen molar-refractivity contribution in [1.29, 1.82) is 0 Å². The number of benzene rings is 2. The van der Waals surface area contributed by atoms with Gasteiger partial charge in [0.15, 0.2) is 11.4 Å². The quantitative estimate of drug-likeness (QED) is 0.214. The lowest BCUT2D eigenvalue weighted by molar-refractivity contribution is -0.169. The number of likely N-dealkylation sites (N-methyl/N-ethyl adjacent to an activating group) is 1. The van der Waals surface area contributed by atoms with E-state index in [1.165, 1.54) is 24.6 Å². The van der Waals surface area contributed by atoms with Gasteiger partial charge in [0.1, 0.15) is 22.8 Å². The molecule has 6 atom stereocenters. The number of piperidine rings is 1. The Labute approximate surface area is 272 Å². The largest absolute Gasteiger partial charge is 0.508 e. The van der Waals surface area contributed by atoms with Gasteiger partial charge in [0.25, 0.3) is 5.91 Å². The Morgan fingerprint density at radius 1 is 1.06 bits per heavy atom. The lowest BCUT2D eigenvalue weighted by atomic mass is 9.54. The molecule has 0 radical (unpaired) electrons. The summed E-state index contributed by atoms with van der Waals surface area (Å²) in [5.74, 6) is -8.91. The SMILES string of the molecule is CC1c2ccc(CNC3CCN(Cc4ccccc4)CC3)c(O)c2C(O)=C2C(=O)C3(O)C(O)=C(C(N)=O)C(=O)C(N(C)C)C3C(O)C21. The van der Waals surface area contributed by atoms with E-state index in [0.29, 0.717) is 17.7 Å². The summed E-state index contributed by atoms with van der Waals surface area (Å²) in [7, 11) is 2.95. The molecule has 47 heavy (non-hydrogen) atoms. The Bertz CT molecular complexity index is 1680. The van der Waals surface area contributed by atoms with Crippen molar-refractivity contribution in [2.24, 2.45) is 17.6 Å². The molecule has 2 fully saturated rings. The number of carbonyl (C=O) groups excluding carboxylic acids is 3. The second-order valence-corrected chi connectivity index (χ2v) is 13.5. The highest BCUT2D eigenvalue weighted by atomic mass is 16.4. The van der Waals surface area contributed by atoms with Gasteiger partial charge in [0.2, 0.25) is 5.78 Å². The lowest BCUT2D eigenvalue weighted by Gasteiger charge is -2.53. The third-order valence-electron chi connectivity index (χ3n) is 10.6. The molecular formula is C35H42N4O8. The average molecular weight is 647 g/mol. The number of Topliss-reactive ketones (excluding diaryl/α,β-unsaturated/α-hetero) is 2. The molecule has 6 rings (SSSR count). The minimum Gasteiger partial charge on any atom is -0.508 e. The molecule has 4 aliphatic rings. The van der Waals surface area contributed by atoms with E-state index in [4.69, 9.17) is 5.73 Å². The minimum atomic E-state index is -2.94. The Kier molecular flexibility index (Phi) is 8.52. The van der Waals surface area contributed by atoms with Gasteiger partial charge >= 0.3 is 0 Å². The van der Waals surface area contributed by atoms with Gasteiger partial charge in [-0.3, -0.25) is 24.2 Å². The maximum Gasteiger partial charge on any atom is 0.255 e. The van der Waals surface area contributed by atoms with E-state index in [1.807, 2.05) is 18.2 Å². The first-order valence-corrected chi connectivity index (χ1v) is 16.0. The van der Waals surface area contributed by atoms with Crippen molar-refractivity contribution >= 4 is 23.2 Å². The molecule has 12 nitrogen and oxygen atoms in total. The molecule has 12 heteroatoms. The summed E-state index contributed by atoms with van der Waals surface area (Å²) >= 11 is 0. The van der Waals surface area contributed by atoms with E-state index in [1.54, 1.807) is 19.1 Å². The van der Waals surface area contributed by atoms with E-state index in [2.05, 4.69) is 22.3 Å². The van der Waals surface area contributed by atoms with Crippen molar-refractivity contribution in [3.05, 3.63) is 81.6 Å². The molecule has 6 unspecified atom stereocenters. The number of amides is 1. The van der Waals surface area contributed by atoms with Crippen molar-refractivity contribution in [3.63, 3.8) is 0 Å². The Morgan fingerprint density at radius 3 is 2.34 bits per heavy atom. The number of rotatable bonds is 7. The van der Waals surface area contributed by atoms with Crippen LogP contribution in [-0.4, -0.2) is 104 Å². The van der Waals surface area contributed by atoms with E-state index < -0.39 is 75.6 Å². The third kappa shape index (κ3) is 5.15. The maximum absolute atomic E-state index is 14.2. The molecule has 0 aromatic heterocycles. The number of aliphatic hydroxyl groups excluding tert-OH is 3. The smallest absolute Gasteiger partial charge is 0.255 e. The molecule has 0 spiro atoms. The molecule has 2 aromatic rings. The van der Waals surface area contributed by atoms with Gasteiger partial charge in [-0.05, 0) is 57.1 Å². The maximum atomic E-state index is 14.2. The monoisotopic (exact) mass is 646 g/mol. The van der Waals surface area contributed by atoms with E-state index in [9.17, 15) is 39.9 Å². The second kappa shape index (κ2) is 12.2. The standard InChI is InChI=1S/C35H42N4O8/c1-17-21-10-9-19(15-37-20-11-13-39(14-12-20)16-18-7-5-4-6-8-18)28(40)23(21)29(41)24-22(17)30(42)26-27(38(2)3)31(43)25(34(36)46)33(45)35(26,47)32(24)44/h4-10,17,20,22,26-27,30,37,40-42,45,47H,11-16H2,1-3H3,(H2,36,46). The Balaban J connectivity index is 1.29. The Morgan fingerprint density at radius 2 is 1.72 bits per heavy atom. The highest BCUT2D eigenvalue weighted by Crippen LogP contribution is 2.56. The van der Waals surface area contributed by atoms with Gasteiger partial charge in [-0.25, -0.2) is 0 Å². The van der Waals surface area contributed by atoms with Gasteiger partial charge in [0.05, 0.1) is 23.6 Å². The summed E-state index contributed by atoms with van der Waals surface area (Å²) in [5, 5.41) is 61.3. The highest BCUT2D eigenvalue weighted by Gasteiger charge is 2.68. The van der Waals surface area contributed by atoms with Crippen LogP contribution in [0.5, 0.6) is 5.75 Å². The number of aliphatic hydroxyl groups is 4. The van der Waals surface area contributed by atoms with Crippen molar-refractivity contribution in [2.45, 2.75) is 62.6 Å². The number of nitrogens with one attached hydrogen (secondary N) is 1. The number of nitrogens with zero attached hydrogens (tertiary/aromatic N) is 2. The number of hydrogen-bond donors (Lipinski definition) is 7. The zero-order valence-corrected chi connectivity index (χ0v) is 26.7. The number of phenols is 1. The average Bonchev–Trinajstić information content (AvgIpc) is 3.03. The predicted octanol–water partition coefficient (Wildman–Crippen LogP) is 1.25. The van der Waals surface area contributed by atoms with Gasteiger partial charge in [0, 0.05) is 36.2 Å². The summed E-state index contributed by atoms with van der Waals surface area (Å²) in [4.78, 5) is 43.5. The van der Waals surface area contributed by atoms with Crippen LogP contribution in [0, 0.1) is 11.8 Å². The summed E-state index contributed by atoms with van der Waals surface area (Å²) in [6.07, 6.45) is 0.209. The molecule has 250 valence electrons. The molecule has 1 saturated heterocycles. The first-order chi connectivity index (χ1) is 22.3. The van der Waals surface area contributed by atoms with Crippen LogP contribution < -0.4 is 11.1 Å². The number of primary amides is 1. The number of hydrogen-bond acceptors (Lipinski definition) is 11. The van der Waals surface area contributed by atoms with Gasteiger partial charge < -0.3 is 36.6 Å².